The zero-order chi connectivity index (χ0) is 19.3. The van der Waals surface area contributed by atoms with Gasteiger partial charge >= 0.3 is 0 Å². The normalized spacial score (nSPS) is 13.9. The molecule has 2 aromatic heterocycles. The Labute approximate surface area is 161 Å². The molecule has 2 aromatic carbocycles. The van der Waals surface area contributed by atoms with Crippen LogP contribution in [0.5, 0.6) is 0 Å². The number of carbonyl (C=O) groups is 1. The van der Waals surface area contributed by atoms with Gasteiger partial charge in [-0.25, -0.2) is 14.6 Å². The number of likely N-dealkylation sites (N-methyl/N-ethyl adjacent to an activating group) is 1. The van der Waals surface area contributed by atoms with Crippen LogP contribution in [-0.2, 0) is 6.54 Å². The highest BCUT2D eigenvalue weighted by molar-refractivity contribution is 6.09. The molecule has 0 saturated carbocycles. The summed E-state index contributed by atoms with van der Waals surface area (Å²) in [6.07, 6.45) is 0. The lowest BCUT2D eigenvalue weighted by Crippen LogP contribution is -2.43. The maximum absolute atomic E-state index is 13.3. The van der Waals surface area contributed by atoms with Gasteiger partial charge in [0.25, 0.3) is 5.91 Å². The van der Waals surface area contributed by atoms with Crippen molar-refractivity contribution in [1.29, 1.82) is 0 Å². The number of hydrogen-bond acceptors (Lipinski definition) is 6. The number of nitrogens with zero attached hydrogens (tertiary/aromatic N) is 7. The number of benzene rings is 2. The fraction of sp³-hybridized carbons (Fsp3) is 0.250. The molecule has 3 heterocycles. The van der Waals surface area contributed by atoms with Crippen LogP contribution in [0.3, 0.4) is 0 Å². The molecule has 140 valence electrons. The summed E-state index contributed by atoms with van der Waals surface area (Å²) in [5.41, 5.74) is 3.80. The van der Waals surface area contributed by atoms with Crippen molar-refractivity contribution < 1.29 is 4.79 Å². The second-order valence-electron chi connectivity index (χ2n) is 6.85. The molecule has 4 aromatic rings. The summed E-state index contributed by atoms with van der Waals surface area (Å²) in [6.45, 7) is 3.99. The average molecular weight is 373 g/mol. The van der Waals surface area contributed by atoms with Crippen LogP contribution in [0, 0.1) is 0 Å². The summed E-state index contributed by atoms with van der Waals surface area (Å²) in [4.78, 5) is 26.5. The van der Waals surface area contributed by atoms with Gasteiger partial charge in [0.15, 0.2) is 11.6 Å². The summed E-state index contributed by atoms with van der Waals surface area (Å²) < 4.78 is 1.81. The molecule has 8 nitrogen and oxygen atoms in total. The molecule has 0 aliphatic carbocycles. The van der Waals surface area contributed by atoms with E-state index in [0.29, 0.717) is 30.0 Å². The predicted octanol–water partition coefficient (Wildman–Crippen LogP) is 2.49. The van der Waals surface area contributed by atoms with Gasteiger partial charge in [0.05, 0.1) is 16.6 Å². The summed E-state index contributed by atoms with van der Waals surface area (Å²) in [6, 6.07) is 13.2. The Morgan fingerprint density at radius 3 is 2.50 bits per heavy atom. The number of carbonyl (C=O) groups excluding carboxylic acids is 1. The first-order valence-corrected chi connectivity index (χ1v) is 9.28. The lowest BCUT2D eigenvalue weighted by Gasteiger charge is -2.33. The quantitative estimate of drug-likeness (QED) is 0.537. The maximum Gasteiger partial charge on any atom is 0.259 e. The van der Waals surface area contributed by atoms with E-state index in [9.17, 15) is 4.79 Å². The molecule has 0 unspecified atom stereocenters. The third-order valence-electron chi connectivity index (χ3n) is 5.12. The first-order chi connectivity index (χ1) is 13.7. The number of amides is 1. The number of para-hydroxylation sites is 2. The van der Waals surface area contributed by atoms with E-state index in [2.05, 4.69) is 10.3 Å². The zero-order valence-electron chi connectivity index (χ0n) is 15.7. The van der Waals surface area contributed by atoms with Gasteiger partial charge in [-0.3, -0.25) is 9.69 Å². The number of rotatable bonds is 2. The Bertz CT molecular complexity index is 1220. The average Bonchev–Trinajstić information content (AvgIpc) is 3.15. The van der Waals surface area contributed by atoms with Crippen molar-refractivity contribution >= 4 is 39.6 Å². The molecule has 1 aliphatic heterocycles. The lowest BCUT2D eigenvalue weighted by atomic mass is 10.1. The molecule has 0 saturated heterocycles. The van der Waals surface area contributed by atoms with E-state index in [1.54, 1.807) is 11.0 Å². The smallest absolute Gasteiger partial charge is 0.259 e. The minimum Gasteiger partial charge on any atom is -0.355 e. The van der Waals surface area contributed by atoms with Gasteiger partial charge in [-0.2, -0.15) is 0 Å². The maximum atomic E-state index is 13.3. The molecule has 0 fully saturated rings. The first kappa shape index (κ1) is 16.6. The molecule has 0 bridgehead atoms. The van der Waals surface area contributed by atoms with Crippen molar-refractivity contribution in [3.63, 3.8) is 0 Å². The van der Waals surface area contributed by atoms with Crippen molar-refractivity contribution in [2.75, 3.05) is 29.9 Å². The Morgan fingerprint density at radius 2 is 1.75 bits per heavy atom. The number of fused-ring (bicyclic) bond motifs is 3. The molecule has 1 aliphatic rings. The van der Waals surface area contributed by atoms with Crippen LogP contribution in [0.1, 0.15) is 17.3 Å². The fourth-order valence-corrected chi connectivity index (χ4v) is 3.57. The van der Waals surface area contributed by atoms with Crippen LogP contribution in [0.4, 0.5) is 11.6 Å². The van der Waals surface area contributed by atoms with Crippen LogP contribution in [0.25, 0.3) is 22.1 Å². The molecule has 8 heteroatoms. The molecular formula is C20H19N7O. The fourth-order valence-electron chi connectivity index (χ4n) is 3.57. The molecular weight excluding hydrogens is 354 g/mol. The Morgan fingerprint density at radius 1 is 1.00 bits per heavy atom. The zero-order valence-corrected chi connectivity index (χ0v) is 15.7. The highest BCUT2D eigenvalue weighted by Crippen LogP contribution is 2.31. The SMILES string of the molecule is CCn1nnc2cc(C(=O)N3CCN(C)c4nc5ccccc5nc43)ccc21. The highest BCUT2D eigenvalue weighted by atomic mass is 16.2. The van der Waals surface area contributed by atoms with Gasteiger partial charge in [-0.1, -0.05) is 17.3 Å². The minimum absolute atomic E-state index is 0.105. The van der Waals surface area contributed by atoms with Gasteiger partial charge in [0.1, 0.15) is 5.52 Å². The molecule has 0 atom stereocenters. The summed E-state index contributed by atoms with van der Waals surface area (Å²) >= 11 is 0. The van der Waals surface area contributed by atoms with Gasteiger partial charge in [-0.05, 0) is 37.3 Å². The molecule has 0 N–H and O–H groups in total. The number of aromatic nitrogens is 5. The van der Waals surface area contributed by atoms with E-state index in [4.69, 9.17) is 9.97 Å². The van der Waals surface area contributed by atoms with E-state index < -0.39 is 0 Å². The minimum atomic E-state index is -0.105. The van der Waals surface area contributed by atoms with E-state index in [1.165, 1.54) is 0 Å². The van der Waals surface area contributed by atoms with E-state index in [-0.39, 0.29) is 5.91 Å². The van der Waals surface area contributed by atoms with Gasteiger partial charge < -0.3 is 4.90 Å². The molecule has 1 amide bonds. The summed E-state index contributed by atoms with van der Waals surface area (Å²) in [5.74, 6) is 1.21. The number of anilines is 2. The topological polar surface area (TPSA) is 80.0 Å². The summed E-state index contributed by atoms with van der Waals surface area (Å²) in [7, 11) is 1.97. The number of aryl methyl sites for hydroxylation is 1. The predicted molar refractivity (Wildman–Crippen MR) is 108 cm³/mol. The van der Waals surface area contributed by atoms with Gasteiger partial charge in [0, 0.05) is 32.2 Å². The van der Waals surface area contributed by atoms with E-state index in [0.717, 1.165) is 28.9 Å². The molecule has 0 spiro atoms. The third kappa shape index (κ3) is 2.49. The molecule has 28 heavy (non-hydrogen) atoms. The standard InChI is InChI=1S/C20H19N7O/c1-3-27-17-9-8-13(12-16(17)23-24-27)20(28)26-11-10-25(2)18-19(26)22-15-7-5-4-6-14(15)21-18/h4-9,12H,3,10-11H2,1-2H3. The molecule has 5 rings (SSSR count). The summed E-state index contributed by atoms with van der Waals surface area (Å²) in [5, 5.41) is 8.30. The van der Waals surface area contributed by atoms with Crippen LogP contribution in [0.15, 0.2) is 42.5 Å². The van der Waals surface area contributed by atoms with Crippen LogP contribution in [-0.4, -0.2) is 51.0 Å². The van der Waals surface area contributed by atoms with Crippen molar-refractivity contribution in [2.45, 2.75) is 13.5 Å². The first-order valence-electron chi connectivity index (χ1n) is 9.28. The van der Waals surface area contributed by atoms with Gasteiger partial charge in [0.2, 0.25) is 0 Å². The van der Waals surface area contributed by atoms with Crippen molar-refractivity contribution in [2.24, 2.45) is 0 Å². The van der Waals surface area contributed by atoms with Crippen LogP contribution >= 0.6 is 0 Å². The van der Waals surface area contributed by atoms with Crippen molar-refractivity contribution in [1.82, 2.24) is 25.0 Å². The lowest BCUT2D eigenvalue weighted by molar-refractivity contribution is 0.0986. The molecule has 0 radical (unpaired) electrons. The third-order valence-corrected chi connectivity index (χ3v) is 5.12. The monoisotopic (exact) mass is 373 g/mol. The van der Waals surface area contributed by atoms with E-state index in [1.807, 2.05) is 60.0 Å². The Balaban J connectivity index is 1.59. The van der Waals surface area contributed by atoms with Gasteiger partial charge in [-0.15, -0.1) is 5.10 Å². The van der Waals surface area contributed by atoms with Crippen LogP contribution in [0.2, 0.25) is 0 Å². The number of hydrogen-bond donors (Lipinski definition) is 0. The second-order valence-corrected chi connectivity index (χ2v) is 6.85. The highest BCUT2D eigenvalue weighted by Gasteiger charge is 2.29. The van der Waals surface area contributed by atoms with Crippen molar-refractivity contribution in [3.05, 3.63) is 48.0 Å². The van der Waals surface area contributed by atoms with Crippen molar-refractivity contribution in [3.8, 4) is 0 Å². The second kappa shape index (κ2) is 6.26. The Hall–Kier alpha value is -3.55. The van der Waals surface area contributed by atoms with E-state index >= 15 is 0 Å². The Kier molecular flexibility index (Phi) is 3.71. The van der Waals surface area contributed by atoms with Crippen LogP contribution < -0.4 is 9.80 Å². The largest absolute Gasteiger partial charge is 0.355 e.